The number of aromatic nitrogens is 2. The maximum Gasteiger partial charge on any atom is 0.280 e. The van der Waals surface area contributed by atoms with Crippen LogP contribution >= 0.6 is 0 Å². The molecule has 10 heteroatoms. The van der Waals surface area contributed by atoms with Gasteiger partial charge in [0, 0.05) is 12.1 Å². The van der Waals surface area contributed by atoms with Crippen molar-refractivity contribution in [2.24, 2.45) is 0 Å². The van der Waals surface area contributed by atoms with Gasteiger partial charge in [0.2, 0.25) is 5.91 Å². The summed E-state index contributed by atoms with van der Waals surface area (Å²) in [6.45, 7) is 2.98. The molecule has 0 aliphatic rings. The average molecular weight is 416 g/mol. The summed E-state index contributed by atoms with van der Waals surface area (Å²) in [7, 11) is 0. The van der Waals surface area contributed by atoms with E-state index in [0.29, 0.717) is 11.4 Å². The van der Waals surface area contributed by atoms with Crippen LogP contribution in [0.1, 0.15) is 23.4 Å². The van der Waals surface area contributed by atoms with Gasteiger partial charge in [-0.3, -0.25) is 19.6 Å². The lowest BCUT2D eigenvalue weighted by atomic mass is 10.2. The molecule has 0 aliphatic heterocycles. The zero-order valence-electron chi connectivity index (χ0n) is 16.1. The number of hydrogen-bond donors (Lipinski definition) is 1. The van der Waals surface area contributed by atoms with Crippen LogP contribution in [0, 0.1) is 24.0 Å². The van der Waals surface area contributed by atoms with E-state index in [1.807, 2.05) is 19.1 Å². The van der Waals surface area contributed by atoms with Crippen LogP contribution in [0.3, 0.4) is 0 Å². The van der Waals surface area contributed by atoms with E-state index in [1.54, 1.807) is 12.1 Å². The number of amides is 1. The van der Waals surface area contributed by atoms with Crippen molar-refractivity contribution in [2.45, 2.75) is 26.8 Å². The Balaban J connectivity index is 1.80. The number of aryl methyl sites for hydroxylation is 2. The first-order valence-electron chi connectivity index (χ1n) is 8.87. The van der Waals surface area contributed by atoms with Crippen molar-refractivity contribution < 1.29 is 23.2 Å². The normalized spacial score (nSPS) is 10.8. The van der Waals surface area contributed by atoms with Crippen LogP contribution < -0.4 is 10.1 Å². The molecule has 30 heavy (non-hydrogen) atoms. The third-order valence-corrected chi connectivity index (χ3v) is 4.09. The van der Waals surface area contributed by atoms with E-state index < -0.39 is 23.8 Å². The van der Waals surface area contributed by atoms with Crippen molar-refractivity contribution in [3.05, 3.63) is 75.6 Å². The molecular formula is C20H18F2N4O4. The molecule has 0 aliphatic carbocycles. The molecule has 0 radical (unpaired) electrons. The fraction of sp³-hybridized carbons (Fsp3) is 0.200. The highest BCUT2D eigenvalue weighted by Crippen LogP contribution is 2.30. The number of non-ortho nitro benzene ring substituents is 1. The molecule has 156 valence electrons. The molecule has 0 spiro atoms. The lowest BCUT2D eigenvalue weighted by Crippen LogP contribution is -2.21. The predicted molar refractivity (Wildman–Crippen MR) is 105 cm³/mol. The number of nitrogens with zero attached hydrogens (tertiary/aromatic N) is 3. The molecule has 0 fully saturated rings. The van der Waals surface area contributed by atoms with Crippen LogP contribution in [0.15, 0.2) is 48.5 Å². The van der Waals surface area contributed by atoms with Gasteiger partial charge in [0.15, 0.2) is 0 Å². The molecule has 1 aromatic heterocycles. The molecule has 1 heterocycles. The number of rotatable bonds is 7. The summed E-state index contributed by atoms with van der Waals surface area (Å²) in [5.74, 6) is -0.0553. The quantitative estimate of drug-likeness (QED) is 0.442. The van der Waals surface area contributed by atoms with E-state index in [1.165, 1.54) is 25.1 Å². The molecule has 0 unspecified atom stereocenters. The van der Waals surface area contributed by atoms with Crippen molar-refractivity contribution in [1.82, 2.24) is 9.78 Å². The summed E-state index contributed by atoms with van der Waals surface area (Å²) < 4.78 is 32.7. The highest BCUT2D eigenvalue weighted by molar-refractivity contribution is 5.91. The van der Waals surface area contributed by atoms with Crippen LogP contribution in [0.25, 0.3) is 0 Å². The number of benzene rings is 2. The molecule has 0 saturated heterocycles. The van der Waals surface area contributed by atoms with E-state index in [9.17, 15) is 23.7 Å². The Morgan fingerprint density at radius 1 is 1.17 bits per heavy atom. The summed E-state index contributed by atoms with van der Waals surface area (Å²) in [5, 5.41) is 17.6. The number of carbonyl (C=O) groups excluding carboxylic acids is 1. The number of anilines is 1. The minimum Gasteiger partial charge on any atom is -0.457 e. The predicted octanol–water partition coefficient (Wildman–Crippen LogP) is 4.78. The maximum absolute atomic E-state index is 13.1. The van der Waals surface area contributed by atoms with Crippen LogP contribution in [0.5, 0.6) is 11.5 Å². The maximum atomic E-state index is 13.1. The lowest BCUT2D eigenvalue weighted by Gasteiger charge is -2.11. The fourth-order valence-corrected chi connectivity index (χ4v) is 2.77. The standard InChI is InChI=1S/C20H18F2N4O4/c1-12-3-5-16(6-4-12)30-17-9-14(8-15(10-17)26(28)29)23-19(27)11-25-18(20(21)22)7-13(2)24-25/h3-10,20H,11H2,1-2H3,(H,23,27). The minimum absolute atomic E-state index is 0.0961. The Bertz CT molecular complexity index is 1080. The SMILES string of the molecule is Cc1ccc(Oc2cc(NC(=O)Cn3nc(C)cc3C(F)F)cc([N+](=O)[O-])c2)cc1. The van der Waals surface area contributed by atoms with Gasteiger partial charge in [-0.05, 0) is 32.0 Å². The van der Waals surface area contributed by atoms with Gasteiger partial charge < -0.3 is 10.1 Å². The Labute approximate surface area is 170 Å². The summed E-state index contributed by atoms with van der Waals surface area (Å²) in [6, 6.07) is 12.0. The first-order chi connectivity index (χ1) is 14.2. The largest absolute Gasteiger partial charge is 0.457 e. The van der Waals surface area contributed by atoms with Crippen LogP contribution in [0.4, 0.5) is 20.2 Å². The Morgan fingerprint density at radius 3 is 2.50 bits per heavy atom. The third kappa shape index (κ3) is 5.16. The van der Waals surface area contributed by atoms with E-state index in [4.69, 9.17) is 4.74 Å². The van der Waals surface area contributed by atoms with Crippen LogP contribution in [0.2, 0.25) is 0 Å². The molecule has 3 rings (SSSR count). The average Bonchev–Trinajstić information content (AvgIpc) is 3.03. The van der Waals surface area contributed by atoms with Gasteiger partial charge in [-0.25, -0.2) is 8.78 Å². The number of alkyl halides is 2. The molecule has 1 N–H and O–H groups in total. The minimum atomic E-state index is -2.79. The molecule has 3 aromatic rings. The second-order valence-corrected chi connectivity index (χ2v) is 6.60. The highest BCUT2D eigenvalue weighted by Gasteiger charge is 2.18. The first kappa shape index (κ1) is 20.9. The van der Waals surface area contributed by atoms with Gasteiger partial charge in [-0.2, -0.15) is 5.10 Å². The van der Waals surface area contributed by atoms with Crippen molar-refractivity contribution in [3.8, 4) is 11.5 Å². The zero-order chi connectivity index (χ0) is 21.8. The van der Waals surface area contributed by atoms with E-state index in [-0.39, 0.29) is 22.8 Å². The summed E-state index contributed by atoms with van der Waals surface area (Å²) >= 11 is 0. The number of carbonyl (C=O) groups is 1. The summed E-state index contributed by atoms with van der Waals surface area (Å²) in [4.78, 5) is 22.9. The Kier molecular flexibility index (Phi) is 6.05. The highest BCUT2D eigenvalue weighted by atomic mass is 19.3. The van der Waals surface area contributed by atoms with Crippen molar-refractivity contribution >= 4 is 17.3 Å². The van der Waals surface area contributed by atoms with Gasteiger partial charge in [0.1, 0.15) is 23.7 Å². The lowest BCUT2D eigenvalue weighted by molar-refractivity contribution is -0.384. The van der Waals surface area contributed by atoms with Gasteiger partial charge >= 0.3 is 0 Å². The number of halogens is 2. The summed E-state index contributed by atoms with van der Waals surface area (Å²) in [6.07, 6.45) is -2.79. The van der Waals surface area contributed by atoms with Crippen molar-refractivity contribution in [3.63, 3.8) is 0 Å². The molecular weight excluding hydrogens is 398 g/mol. The molecule has 0 bridgehead atoms. The van der Waals surface area contributed by atoms with E-state index >= 15 is 0 Å². The molecule has 2 aromatic carbocycles. The van der Waals surface area contributed by atoms with E-state index in [0.717, 1.165) is 16.3 Å². The molecule has 8 nitrogen and oxygen atoms in total. The number of ether oxygens (including phenoxy) is 1. The van der Waals surface area contributed by atoms with Gasteiger partial charge in [0.25, 0.3) is 12.1 Å². The second-order valence-electron chi connectivity index (χ2n) is 6.60. The topological polar surface area (TPSA) is 99.3 Å². The Hall–Kier alpha value is -3.82. The van der Waals surface area contributed by atoms with Crippen LogP contribution in [-0.4, -0.2) is 20.6 Å². The number of nitro groups is 1. The molecule has 0 atom stereocenters. The van der Waals surface area contributed by atoms with Crippen molar-refractivity contribution in [1.29, 1.82) is 0 Å². The van der Waals surface area contributed by atoms with Gasteiger partial charge in [-0.1, -0.05) is 17.7 Å². The number of nitrogens with one attached hydrogen (secondary N) is 1. The van der Waals surface area contributed by atoms with Gasteiger partial charge in [-0.15, -0.1) is 0 Å². The first-order valence-corrected chi connectivity index (χ1v) is 8.87. The number of nitro benzene ring substituents is 1. The van der Waals surface area contributed by atoms with Crippen molar-refractivity contribution in [2.75, 3.05) is 5.32 Å². The fourth-order valence-electron chi connectivity index (χ4n) is 2.77. The monoisotopic (exact) mass is 416 g/mol. The molecule has 1 amide bonds. The third-order valence-electron chi connectivity index (χ3n) is 4.09. The summed E-state index contributed by atoms with van der Waals surface area (Å²) in [5.41, 5.74) is 0.788. The zero-order valence-corrected chi connectivity index (χ0v) is 16.1. The smallest absolute Gasteiger partial charge is 0.280 e. The van der Waals surface area contributed by atoms with E-state index in [2.05, 4.69) is 10.4 Å². The van der Waals surface area contributed by atoms with Crippen LogP contribution in [-0.2, 0) is 11.3 Å². The second kappa shape index (κ2) is 8.68. The Morgan fingerprint density at radius 2 is 1.87 bits per heavy atom. The number of hydrogen-bond acceptors (Lipinski definition) is 5. The molecule has 0 saturated carbocycles. The van der Waals surface area contributed by atoms with Gasteiger partial charge in [0.05, 0.1) is 22.4 Å².